The van der Waals surface area contributed by atoms with Crippen molar-refractivity contribution in [2.45, 2.75) is 89.8 Å². The molecule has 2 bridgehead atoms. The summed E-state index contributed by atoms with van der Waals surface area (Å²) in [4.78, 5) is 29.2. The molecule has 5 rings (SSSR count). The molecule has 2 saturated heterocycles. The Kier molecular flexibility index (Phi) is 7.27. The van der Waals surface area contributed by atoms with Gasteiger partial charge in [-0.2, -0.15) is 0 Å². The molecule has 4 heterocycles. The first-order valence-corrected chi connectivity index (χ1v) is 14.0. The van der Waals surface area contributed by atoms with E-state index < -0.39 is 23.8 Å². The molecule has 2 aliphatic rings. The summed E-state index contributed by atoms with van der Waals surface area (Å²) in [6, 6.07) is 8.43. The van der Waals surface area contributed by atoms with Crippen LogP contribution in [0.25, 0.3) is 22.4 Å². The Morgan fingerprint density at radius 3 is 2.31 bits per heavy atom. The molecule has 42 heavy (non-hydrogen) atoms. The highest BCUT2D eigenvalue weighted by molar-refractivity contribution is 5.75. The van der Waals surface area contributed by atoms with Crippen molar-refractivity contribution in [1.82, 2.24) is 19.7 Å². The number of alkyl halides is 1. The van der Waals surface area contributed by atoms with Gasteiger partial charge >= 0.3 is 6.09 Å². The van der Waals surface area contributed by atoms with Crippen molar-refractivity contribution in [3.8, 4) is 28.1 Å². The summed E-state index contributed by atoms with van der Waals surface area (Å²) in [5, 5.41) is 19.4. The lowest BCUT2D eigenvalue weighted by molar-refractivity contribution is -0.0357. The van der Waals surface area contributed by atoms with Crippen molar-refractivity contribution in [3.63, 3.8) is 0 Å². The van der Waals surface area contributed by atoms with Crippen LogP contribution in [0.2, 0.25) is 0 Å². The largest absolute Gasteiger partial charge is 0.507 e. The Balaban J connectivity index is 1.35. The van der Waals surface area contributed by atoms with Gasteiger partial charge in [-0.3, -0.25) is 14.3 Å². The second-order valence-electron chi connectivity index (χ2n) is 13.0. The summed E-state index contributed by atoms with van der Waals surface area (Å²) in [5.74, 6) is -0.286. The lowest BCUT2D eigenvalue weighted by Gasteiger charge is -2.52. The fourth-order valence-corrected chi connectivity index (χ4v) is 6.52. The van der Waals surface area contributed by atoms with Crippen LogP contribution >= 0.6 is 0 Å². The number of halogens is 2. The maximum absolute atomic E-state index is 15.1. The van der Waals surface area contributed by atoms with Crippen molar-refractivity contribution in [2.75, 3.05) is 11.9 Å². The number of aromatic hydroxyl groups is 1. The number of nitrogens with zero attached hydrogens (tertiary/aromatic N) is 5. The molecule has 0 saturated carbocycles. The zero-order valence-corrected chi connectivity index (χ0v) is 24.8. The van der Waals surface area contributed by atoms with E-state index >= 15 is 4.39 Å². The molecule has 2 aliphatic heterocycles. The topological polar surface area (TPSA) is 101 Å². The smallest absolute Gasteiger partial charge is 0.411 e. The molecule has 0 spiro atoms. The minimum Gasteiger partial charge on any atom is -0.507 e. The molecule has 1 aromatic carbocycles. The molecule has 9 nitrogen and oxygen atoms in total. The van der Waals surface area contributed by atoms with E-state index in [1.165, 1.54) is 18.3 Å². The van der Waals surface area contributed by atoms with Gasteiger partial charge < -0.3 is 14.7 Å². The molecule has 224 valence electrons. The number of rotatable bonds is 5. The number of hydrogen-bond acceptors (Lipinski definition) is 7. The van der Waals surface area contributed by atoms with Crippen molar-refractivity contribution in [2.24, 2.45) is 0 Å². The maximum atomic E-state index is 15.1. The van der Waals surface area contributed by atoms with Crippen LogP contribution in [-0.4, -0.2) is 60.6 Å². The Labute approximate surface area is 243 Å². The van der Waals surface area contributed by atoms with Crippen molar-refractivity contribution < 1.29 is 23.4 Å². The number of pyridine rings is 1. The van der Waals surface area contributed by atoms with E-state index in [9.17, 15) is 19.1 Å². The normalized spacial score (nSPS) is 23.6. The van der Waals surface area contributed by atoms with E-state index in [0.29, 0.717) is 5.82 Å². The third-order valence-corrected chi connectivity index (χ3v) is 8.57. The zero-order chi connectivity index (χ0) is 30.6. The predicted octanol–water partition coefficient (Wildman–Crippen LogP) is 5.89. The van der Waals surface area contributed by atoms with Crippen molar-refractivity contribution >= 4 is 11.9 Å². The second kappa shape index (κ2) is 10.4. The fourth-order valence-electron chi connectivity index (χ4n) is 6.52. The summed E-state index contributed by atoms with van der Waals surface area (Å²) < 4.78 is 34.6. The standard InChI is InChI=1S/C31H37F2N5O4/c1-29(2,3)42-28(41)38-30(4)10-11-31(38,5)17-20(16-30)36(6)26-8-7-24(34-35-26)22-14-23(33)21(15-25(22)39)19-9-12-37(18-32)27(40)13-19/h7-9,12-15,20,39H,10-11,16-18H2,1-6H3/t20-,30-,31+. The van der Waals surface area contributed by atoms with Crippen LogP contribution in [0.15, 0.2) is 47.4 Å². The number of phenols is 1. The van der Waals surface area contributed by atoms with Gasteiger partial charge in [-0.25, -0.2) is 13.6 Å². The lowest BCUT2D eigenvalue weighted by atomic mass is 9.82. The first-order valence-electron chi connectivity index (χ1n) is 14.0. The number of aromatic nitrogens is 3. The average molecular weight is 582 g/mol. The Bertz CT molecular complexity index is 1550. The Morgan fingerprint density at radius 1 is 1.10 bits per heavy atom. The molecule has 11 heteroatoms. The highest BCUT2D eigenvalue weighted by Gasteiger charge is 2.59. The maximum Gasteiger partial charge on any atom is 0.411 e. The van der Waals surface area contributed by atoms with Crippen LogP contribution in [0.1, 0.15) is 60.3 Å². The minimum absolute atomic E-state index is 0.0121. The quantitative estimate of drug-likeness (QED) is 0.401. The summed E-state index contributed by atoms with van der Waals surface area (Å²) in [6.45, 7) is 8.87. The summed E-state index contributed by atoms with van der Waals surface area (Å²) in [5.41, 5.74) is -1.24. The van der Waals surface area contributed by atoms with Crippen LogP contribution in [0, 0.1) is 5.82 Å². The third-order valence-electron chi connectivity index (χ3n) is 8.57. The monoisotopic (exact) mass is 581 g/mol. The fraction of sp³-hybridized carbons (Fsp3) is 0.484. The molecule has 2 fully saturated rings. The number of anilines is 1. The molecule has 3 atom stereocenters. The number of piperidine rings is 1. The minimum atomic E-state index is -0.987. The molecule has 1 N–H and O–H groups in total. The molecule has 3 aromatic rings. The number of phenolic OH excluding ortho intramolecular Hbond substituents is 1. The van der Waals surface area contributed by atoms with Gasteiger partial charge in [0.15, 0.2) is 12.6 Å². The number of benzene rings is 1. The number of carbonyl (C=O) groups excluding carboxylic acids is 1. The third kappa shape index (κ3) is 5.32. The highest BCUT2D eigenvalue weighted by atomic mass is 19.1. The first-order chi connectivity index (χ1) is 19.6. The van der Waals surface area contributed by atoms with Gasteiger partial charge in [0.2, 0.25) is 0 Å². The molecular weight excluding hydrogens is 544 g/mol. The number of carbonyl (C=O) groups is 1. The SMILES string of the molecule is CN(c1ccc(-c2cc(F)c(-c3ccn(CF)c(=O)c3)cc2O)nn1)[C@H]1C[C@]2(C)CC[C@](C)(C1)N2C(=O)OC(C)(C)C. The molecule has 0 aliphatic carbocycles. The molecule has 1 amide bonds. The van der Waals surface area contributed by atoms with Gasteiger partial charge in [0, 0.05) is 47.6 Å². The van der Waals surface area contributed by atoms with Crippen molar-refractivity contribution in [3.05, 3.63) is 58.8 Å². The van der Waals surface area contributed by atoms with Gasteiger partial charge in [-0.1, -0.05) is 0 Å². The first kappa shape index (κ1) is 29.5. The van der Waals surface area contributed by atoms with Crippen LogP contribution in [0.4, 0.5) is 19.4 Å². The average Bonchev–Trinajstić information content (AvgIpc) is 3.09. The van der Waals surface area contributed by atoms with Gasteiger partial charge in [0.1, 0.15) is 17.2 Å². The van der Waals surface area contributed by atoms with E-state index in [4.69, 9.17) is 4.74 Å². The van der Waals surface area contributed by atoms with E-state index in [1.54, 1.807) is 12.1 Å². The van der Waals surface area contributed by atoms with E-state index in [-0.39, 0.29) is 51.3 Å². The molecular formula is C31H37F2N5O4. The molecule has 2 aromatic heterocycles. The number of amides is 1. The molecule has 0 radical (unpaired) electrons. The number of fused-ring (bicyclic) bond motifs is 2. The van der Waals surface area contributed by atoms with Gasteiger partial charge in [-0.15, -0.1) is 10.2 Å². The summed E-state index contributed by atoms with van der Waals surface area (Å²) in [7, 11) is 1.95. The van der Waals surface area contributed by atoms with Gasteiger partial charge in [-0.05, 0) is 96.2 Å². The summed E-state index contributed by atoms with van der Waals surface area (Å²) >= 11 is 0. The predicted molar refractivity (Wildman–Crippen MR) is 155 cm³/mol. The highest BCUT2D eigenvalue weighted by Crippen LogP contribution is 2.52. The second-order valence-corrected chi connectivity index (χ2v) is 13.0. The number of hydrogen-bond donors (Lipinski definition) is 1. The zero-order valence-electron chi connectivity index (χ0n) is 24.8. The van der Waals surface area contributed by atoms with Crippen LogP contribution in [0.3, 0.4) is 0 Å². The summed E-state index contributed by atoms with van der Waals surface area (Å²) in [6.07, 6.45) is 4.20. The molecule has 0 unspecified atom stereocenters. The van der Waals surface area contributed by atoms with E-state index in [2.05, 4.69) is 28.9 Å². The number of ether oxygens (including phenoxy) is 1. The van der Waals surface area contributed by atoms with Crippen molar-refractivity contribution in [1.29, 1.82) is 0 Å². The van der Waals surface area contributed by atoms with Crippen LogP contribution < -0.4 is 10.5 Å². The van der Waals surface area contributed by atoms with E-state index in [1.807, 2.05) is 32.7 Å². The van der Waals surface area contributed by atoms with Crippen LogP contribution in [0.5, 0.6) is 5.75 Å². The van der Waals surface area contributed by atoms with Crippen LogP contribution in [-0.2, 0) is 11.5 Å². The van der Waals surface area contributed by atoms with Gasteiger partial charge in [0.25, 0.3) is 5.56 Å². The Hall–Kier alpha value is -4.02. The van der Waals surface area contributed by atoms with E-state index in [0.717, 1.165) is 42.4 Å². The Morgan fingerprint density at radius 2 is 1.76 bits per heavy atom. The lowest BCUT2D eigenvalue weighted by Crippen LogP contribution is -2.63. The van der Waals surface area contributed by atoms with Gasteiger partial charge in [0.05, 0.1) is 5.69 Å².